The van der Waals surface area contributed by atoms with Crippen molar-refractivity contribution in [3.63, 3.8) is 0 Å². The minimum absolute atomic E-state index is 0.111. The van der Waals surface area contributed by atoms with Crippen LogP contribution in [0.15, 0.2) is 36.4 Å². The van der Waals surface area contributed by atoms with Crippen LogP contribution in [-0.2, 0) is 4.79 Å². The maximum atomic E-state index is 11.1. The van der Waals surface area contributed by atoms with E-state index in [9.17, 15) is 4.79 Å². The molecule has 0 atom stereocenters. The van der Waals surface area contributed by atoms with E-state index in [1.807, 2.05) is 24.3 Å². The van der Waals surface area contributed by atoms with Crippen molar-refractivity contribution in [2.45, 2.75) is 6.92 Å². The zero-order chi connectivity index (χ0) is 12.7. The monoisotopic (exact) mass is 256 g/mol. The molecular formula is C14H12N2OS. The molecule has 1 heterocycles. The summed E-state index contributed by atoms with van der Waals surface area (Å²) in [5, 5.41) is 4.93. The van der Waals surface area contributed by atoms with Crippen LogP contribution in [0.25, 0.3) is 20.2 Å². The Morgan fingerprint density at radius 3 is 2.72 bits per heavy atom. The number of fused-ring (bicyclic) bond motifs is 3. The van der Waals surface area contributed by atoms with Crippen LogP contribution in [0, 0.1) is 0 Å². The molecule has 0 fully saturated rings. The number of amides is 1. The van der Waals surface area contributed by atoms with Crippen molar-refractivity contribution >= 4 is 48.8 Å². The van der Waals surface area contributed by atoms with Crippen LogP contribution in [0.1, 0.15) is 6.92 Å². The number of rotatable bonds is 1. The average Bonchev–Trinajstić information content (AvgIpc) is 2.71. The first-order chi connectivity index (χ1) is 8.66. The Kier molecular flexibility index (Phi) is 2.45. The Bertz CT molecular complexity index is 761. The fraction of sp³-hybridized carbons (Fsp3) is 0.0714. The van der Waals surface area contributed by atoms with Gasteiger partial charge in [0.15, 0.2) is 0 Å². The van der Waals surface area contributed by atoms with Gasteiger partial charge in [-0.25, -0.2) is 0 Å². The number of hydrogen-bond donors (Lipinski definition) is 2. The van der Waals surface area contributed by atoms with Gasteiger partial charge in [-0.05, 0) is 18.2 Å². The van der Waals surface area contributed by atoms with E-state index in [1.54, 1.807) is 11.3 Å². The van der Waals surface area contributed by atoms with Gasteiger partial charge in [-0.3, -0.25) is 4.79 Å². The molecule has 0 aliphatic rings. The summed E-state index contributed by atoms with van der Waals surface area (Å²) in [4.78, 5) is 11.1. The molecular weight excluding hydrogens is 244 g/mol. The summed E-state index contributed by atoms with van der Waals surface area (Å²) in [6, 6.07) is 12.0. The lowest BCUT2D eigenvalue weighted by Crippen LogP contribution is -2.07. The summed E-state index contributed by atoms with van der Waals surface area (Å²) < 4.78 is 2.35. The highest BCUT2D eigenvalue weighted by Crippen LogP contribution is 2.40. The Hall–Kier alpha value is -2.07. The Morgan fingerprint density at radius 1 is 1.17 bits per heavy atom. The zero-order valence-electron chi connectivity index (χ0n) is 9.86. The molecule has 1 amide bonds. The molecule has 0 bridgehead atoms. The highest BCUT2D eigenvalue weighted by Gasteiger charge is 2.11. The summed E-state index contributed by atoms with van der Waals surface area (Å²) >= 11 is 1.71. The van der Waals surface area contributed by atoms with Crippen LogP contribution < -0.4 is 11.1 Å². The molecule has 3 aromatic rings. The van der Waals surface area contributed by atoms with Crippen LogP contribution in [-0.4, -0.2) is 5.91 Å². The van der Waals surface area contributed by atoms with Gasteiger partial charge in [0.1, 0.15) is 0 Å². The third-order valence-corrected chi connectivity index (χ3v) is 4.03. The van der Waals surface area contributed by atoms with Gasteiger partial charge in [-0.15, -0.1) is 11.3 Å². The molecule has 0 saturated heterocycles. The van der Waals surface area contributed by atoms with Gasteiger partial charge in [0.05, 0.1) is 11.4 Å². The lowest BCUT2D eigenvalue weighted by molar-refractivity contribution is -0.114. The largest absolute Gasteiger partial charge is 0.396 e. The molecule has 3 N–H and O–H groups in total. The molecule has 0 aliphatic heterocycles. The highest BCUT2D eigenvalue weighted by molar-refractivity contribution is 7.26. The fourth-order valence-electron chi connectivity index (χ4n) is 2.14. The van der Waals surface area contributed by atoms with Crippen LogP contribution in [0.2, 0.25) is 0 Å². The fourth-order valence-corrected chi connectivity index (χ4v) is 3.26. The van der Waals surface area contributed by atoms with Gasteiger partial charge in [-0.2, -0.15) is 0 Å². The van der Waals surface area contributed by atoms with Crippen molar-refractivity contribution in [1.29, 1.82) is 0 Å². The lowest BCUT2D eigenvalue weighted by atomic mass is 10.1. The van der Waals surface area contributed by atoms with E-state index >= 15 is 0 Å². The minimum atomic E-state index is -0.111. The maximum absolute atomic E-state index is 11.1. The standard InChI is InChI=1S/C14H12N2OS/c1-8(17)16-10-6-7-12-13(14(10)15)9-4-2-3-5-11(9)18-12/h2-7H,15H2,1H3,(H,16,17). The first-order valence-corrected chi connectivity index (χ1v) is 6.46. The number of hydrogen-bond acceptors (Lipinski definition) is 3. The number of nitrogen functional groups attached to an aromatic ring is 1. The summed E-state index contributed by atoms with van der Waals surface area (Å²) in [7, 11) is 0. The number of nitrogens with two attached hydrogens (primary N) is 1. The molecule has 4 heteroatoms. The summed E-state index contributed by atoms with van der Waals surface area (Å²) in [6.45, 7) is 1.48. The molecule has 2 aromatic carbocycles. The van der Waals surface area contributed by atoms with Crippen LogP contribution in [0.5, 0.6) is 0 Å². The summed E-state index contributed by atoms with van der Waals surface area (Å²) in [6.07, 6.45) is 0. The van der Waals surface area contributed by atoms with Crippen LogP contribution in [0.4, 0.5) is 11.4 Å². The number of benzene rings is 2. The van der Waals surface area contributed by atoms with Crippen molar-refractivity contribution < 1.29 is 4.79 Å². The van der Waals surface area contributed by atoms with Crippen molar-refractivity contribution in [2.75, 3.05) is 11.1 Å². The first kappa shape index (κ1) is 11.0. The van der Waals surface area contributed by atoms with E-state index in [0.29, 0.717) is 11.4 Å². The molecule has 0 spiro atoms. The number of carbonyl (C=O) groups is 1. The van der Waals surface area contributed by atoms with Crippen molar-refractivity contribution in [1.82, 2.24) is 0 Å². The maximum Gasteiger partial charge on any atom is 0.221 e. The molecule has 0 aliphatic carbocycles. The molecule has 1 aromatic heterocycles. The smallest absolute Gasteiger partial charge is 0.221 e. The van der Waals surface area contributed by atoms with Gasteiger partial charge in [-0.1, -0.05) is 18.2 Å². The van der Waals surface area contributed by atoms with Gasteiger partial charge < -0.3 is 11.1 Å². The van der Waals surface area contributed by atoms with Gasteiger partial charge in [0.2, 0.25) is 5.91 Å². The second-order valence-electron chi connectivity index (χ2n) is 4.18. The lowest BCUT2D eigenvalue weighted by Gasteiger charge is -2.07. The molecule has 18 heavy (non-hydrogen) atoms. The summed E-state index contributed by atoms with van der Waals surface area (Å²) in [5.74, 6) is -0.111. The third kappa shape index (κ3) is 1.62. The van der Waals surface area contributed by atoms with Gasteiger partial charge in [0, 0.05) is 27.1 Å². The Balaban J connectivity index is 2.35. The molecule has 3 rings (SSSR count). The zero-order valence-corrected chi connectivity index (χ0v) is 10.7. The van der Waals surface area contributed by atoms with Crippen LogP contribution in [0.3, 0.4) is 0 Å². The third-order valence-electron chi connectivity index (χ3n) is 2.89. The number of nitrogens with one attached hydrogen (secondary N) is 1. The van der Waals surface area contributed by atoms with E-state index in [4.69, 9.17) is 5.73 Å². The second-order valence-corrected chi connectivity index (χ2v) is 5.26. The van der Waals surface area contributed by atoms with E-state index in [2.05, 4.69) is 17.4 Å². The van der Waals surface area contributed by atoms with Crippen molar-refractivity contribution in [3.05, 3.63) is 36.4 Å². The van der Waals surface area contributed by atoms with E-state index in [-0.39, 0.29) is 5.91 Å². The van der Waals surface area contributed by atoms with Gasteiger partial charge >= 0.3 is 0 Å². The molecule has 0 unspecified atom stereocenters. The minimum Gasteiger partial charge on any atom is -0.396 e. The van der Waals surface area contributed by atoms with Crippen molar-refractivity contribution in [2.24, 2.45) is 0 Å². The van der Waals surface area contributed by atoms with Crippen LogP contribution >= 0.6 is 11.3 Å². The SMILES string of the molecule is CC(=O)Nc1ccc2sc3ccccc3c2c1N. The average molecular weight is 256 g/mol. The number of thiophene rings is 1. The number of anilines is 2. The van der Waals surface area contributed by atoms with Gasteiger partial charge in [0.25, 0.3) is 0 Å². The Morgan fingerprint density at radius 2 is 1.94 bits per heavy atom. The predicted octanol–water partition coefficient (Wildman–Crippen LogP) is 3.60. The predicted molar refractivity (Wildman–Crippen MR) is 78.0 cm³/mol. The Labute approximate surface area is 108 Å². The van der Waals surface area contributed by atoms with Crippen molar-refractivity contribution in [3.8, 4) is 0 Å². The highest BCUT2D eigenvalue weighted by atomic mass is 32.1. The first-order valence-electron chi connectivity index (χ1n) is 5.64. The summed E-state index contributed by atoms with van der Waals surface area (Å²) in [5.41, 5.74) is 7.49. The topological polar surface area (TPSA) is 55.1 Å². The molecule has 90 valence electrons. The quantitative estimate of drug-likeness (QED) is 0.654. The number of carbonyl (C=O) groups excluding carboxylic acids is 1. The normalized spacial score (nSPS) is 10.9. The molecule has 0 radical (unpaired) electrons. The van der Waals surface area contributed by atoms with E-state index in [1.165, 1.54) is 11.6 Å². The van der Waals surface area contributed by atoms with E-state index < -0.39 is 0 Å². The van der Waals surface area contributed by atoms with E-state index in [0.717, 1.165) is 15.5 Å². The molecule has 0 saturated carbocycles. The second kappa shape index (κ2) is 3.99. The molecule has 3 nitrogen and oxygen atoms in total.